The number of aromatic nitrogens is 6. The summed E-state index contributed by atoms with van der Waals surface area (Å²) >= 11 is 6.61. The molecule has 11 heteroatoms. The zero-order chi connectivity index (χ0) is 23.2. The highest BCUT2D eigenvalue weighted by molar-refractivity contribution is 6.30. The summed E-state index contributed by atoms with van der Waals surface area (Å²) in [6, 6.07) is 16.1. The third kappa shape index (κ3) is 3.44. The zero-order valence-electron chi connectivity index (χ0n) is 17.8. The summed E-state index contributed by atoms with van der Waals surface area (Å²) in [6.45, 7) is 3.48. The highest BCUT2D eigenvalue weighted by Gasteiger charge is 2.49. The third-order valence-electron chi connectivity index (χ3n) is 5.75. The van der Waals surface area contributed by atoms with Crippen LogP contribution in [0.2, 0.25) is 5.15 Å². The van der Waals surface area contributed by atoms with Crippen LogP contribution < -0.4 is 5.32 Å². The fourth-order valence-corrected chi connectivity index (χ4v) is 4.22. The second-order valence-corrected chi connectivity index (χ2v) is 8.21. The van der Waals surface area contributed by atoms with Gasteiger partial charge in [0.25, 0.3) is 5.91 Å². The summed E-state index contributed by atoms with van der Waals surface area (Å²) < 4.78 is 3.08. The molecule has 1 aliphatic heterocycles. The largest absolute Gasteiger partial charge is 0.325 e. The van der Waals surface area contributed by atoms with E-state index in [0.717, 1.165) is 10.6 Å². The molecule has 0 bridgehead atoms. The predicted molar refractivity (Wildman–Crippen MR) is 119 cm³/mol. The van der Waals surface area contributed by atoms with Crippen molar-refractivity contribution in [2.45, 2.75) is 25.9 Å². The number of carbonyl (C=O) groups is 2. The van der Waals surface area contributed by atoms with Crippen molar-refractivity contribution >= 4 is 23.5 Å². The van der Waals surface area contributed by atoms with E-state index in [0.29, 0.717) is 27.7 Å². The van der Waals surface area contributed by atoms with E-state index < -0.39 is 11.6 Å². The molecule has 3 heterocycles. The molecule has 2 aromatic carbocycles. The number of para-hydroxylation sites is 1. The molecule has 4 aromatic rings. The van der Waals surface area contributed by atoms with Gasteiger partial charge in [-0.1, -0.05) is 41.9 Å². The number of nitrogens with one attached hydrogen (secondary N) is 1. The molecule has 1 N–H and O–H groups in total. The van der Waals surface area contributed by atoms with Crippen LogP contribution in [0.25, 0.3) is 11.4 Å². The topological polar surface area (TPSA) is 111 Å². The summed E-state index contributed by atoms with van der Waals surface area (Å²) in [5, 5.41) is 18.8. The maximum absolute atomic E-state index is 13.5. The first-order valence-electron chi connectivity index (χ1n) is 10.2. The van der Waals surface area contributed by atoms with Gasteiger partial charge in [0.1, 0.15) is 17.0 Å². The van der Waals surface area contributed by atoms with Gasteiger partial charge in [-0.25, -0.2) is 14.2 Å². The third-order valence-corrected chi connectivity index (χ3v) is 6.14. The molecule has 2 aromatic heterocycles. The van der Waals surface area contributed by atoms with E-state index in [9.17, 15) is 9.59 Å². The van der Waals surface area contributed by atoms with Crippen LogP contribution >= 0.6 is 11.6 Å². The van der Waals surface area contributed by atoms with Gasteiger partial charge in [-0.2, -0.15) is 5.10 Å². The van der Waals surface area contributed by atoms with E-state index in [1.807, 2.05) is 36.4 Å². The Balaban J connectivity index is 1.46. The Labute approximate surface area is 193 Å². The molecule has 0 saturated carbocycles. The Hall–Kier alpha value is -4.05. The minimum absolute atomic E-state index is 0.00441. The molecular formula is C22H19ClN8O2. The van der Waals surface area contributed by atoms with Gasteiger partial charge in [0.05, 0.1) is 23.6 Å². The van der Waals surface area contributed by atoms with Crippen LogP contribution in [-0.4, -0.2) is 46.8 Å². The van der Waals surface area contributed by atoms with Crippen molar-refractivity contribution in [1.29, 1.82) is 0 Å². The maximum atomic E-state index is 13.5. The number of urea groups is 1. The zero-order valence-corrected chi connectivity index (χ0v) is 18.6. The second kappa shape index (κ2) is 7.82. The van der Waals surface area contributed by atoms with Crippen LogP contribution in [0.1, 0.15) is 23.7 Å². The summed E-state index contributed by atoms with van der Waals surface area (Å²) in [4.78, 5) is 27.5. The van der Waals surface area contributed by atoms with Crippen LogP contribution in [0.5, 0.6) is 0 Å². The average molecular weight is 463 g/mol. The van der Waals surface area contributed by atoms with Gasteiger partial charge in [0, 0.05) is 5.56 Å². The van der Waals surface area contributed by atoms with Gasteiger partial charge < -0.3 is 5.32 Å². The number of aryl methyl sites for hydroxylation is 1. The van der Waals surface area contributed by atoms with Crippen molar-refractivity contribution in [3.63, 3.8) is 0 Å². The Kier molecular flexibility index (Phi) is 4.94. The van der Waals surface area contributed by atoms with Crippen molar-refractivity contribution in [2.75, 3.05) is 0 Å². The molecule has 1 saturated heterocycles. The number of rotatable bonds is 5. The maximum Gasteiger partial charge on any atom is 0.325 e. The number of tetrazole rings is 1. The van der Waals surface area contributed by atoms with E-state index in [1.165, 1.54) is 11.0 Å². The summed E-state index contributed by atoms with van der Waals surface area (Å²) in [6.07, 6.45) is 1.46. The summed E-state index contributed by atoms with van der Waals surface area (Å²) in [5.74, 6) is -0.385. The molecular weight excluding hydrogens is 444 g/mol. The van der Waals surface area contributed by atoms with Gasteiger partial charge >= 0.3 is 6.03 Å². The molecule has 1 fully saturated rings. The highest BCUT2D eigenvalue weighted by atomic mass is 35.5. The lowest BCUT2D eigenvalue weighted by molar-refractivity contribution is -0.131. The predicted octanol–water partition coefficient (Wildman–Crippen LogP) is 2.78. The number of halogens is 1. The van der Waals surface area contributed by atoms with Crippen molar-refractivity contribution < 1.29 is 9.59 Å². The van der Waals surface area contributed by atoms with Crippen molar-refractivity contribution in [3.05, 3.63) is 82.9 Å². The standard InChI is InChI=1S/C22H19ClN8O2/c1-14-18(19(23)31(26-14)16-8-4-3-5-9-16)12-29-20(32)22(2,25-21(29)33)15-7-6-10-17(11-15)30-13-24-27-28-30/h3-11,13H,12H2,1-2H3,(H,25,33). The smallest absolute Gasteiger partial charge is 0.319 e. The van der Waals surface area contributed by atoms with Gasteiger partial charge in [0.15, 0.2) is 0 Å². The van der Waals surface area contributed by atoms with Crippen LogP contribution in [-0.2, 0) is 16.9 Å². The van der Waals surface area contributed by atoms with Crippen molar-refractivity contribution in [2.24, 2.45) is 0 Å². The number of carbonyl (C=O) groups excluding carboxylic acids is 2. The first-order chi connectivity index (χ1) is 15.9. The van der Waals surface area contributed by atoms with E-state index in [-0.39, 0.29) is 12.5 Å². The number of amides is 3. The molecule has 1 aliphatic rings. The van der Waals surface area contributed by atoms with E-state index in [4.69, 9.17) is 11.6 Å². The Bertz CT molecular complexity index is 1350. The van der Waals surface area contributed by atoms with Crippen LogP contribution in [0.3, 0.4) is 0 Å². The molecule has 166 valence electrons. The SMILES string of the molecule is Cc1nn(-c2ccccc2)c(Cl)c1CN1C(=O)NC(C)(c2cccc(-n3cnnn3)c2)C1=O. The molecule has 1 unspecified atom stereocenters. The summed E-state index contributed by atoms with van der Waals surface area (Å²) in [7, 11) is 0. The normalized spacial score (nSPS) is 18.1. The molecule has 3 amide bonds. The van der Waals surface area contributed by atoms with Crippen molar-refractivity contribution in [1.82, 2.24) is 40.2 Å². The van der Waals surface area contributed by atoms with Crippen LogP contribution in [0.4, 0.5) is 4.79 Å². The Morgan fingerprint density at radius 3 is 2.55 bits per heavy atom. The quantitative estimate of drug-likeness (QED) is 0.456. The van der Waals surface area contributed by atoms with Gasteiger partial charge in [-0.15, -0.1) is 5.10 Å². The molecule has 10 nitrogen and oxygen atoms in total. The lowest BCUT2D eigenvalue weighted by Crippen LogP contribution is -2.40. The lowest BCUT2D eigenvalue weighted by Gasteiger charge is -2.22. The minimum Gasteiger partial charge on any atom is -0.319 e. The summed E-state index contributed by atoms with van der Waals surface area (Å²) in [5.41, 5.74) is 2.06. The first kappa shape index (κ1) is 20.8. The number of benzene rings is 2. The minimum atomic E-state index is -1.25. The molecule has 0 spiro atoms. The fourth-order valence-electron chi connectivity index (χ4n) is 3.88. The van der Waals surface area contributed by atoms with Crippen LogP contribution in [0.15, 0.2) is 60.9 Å². The number of imide groups is 1. The molecule has 0 radical (unpaired) electrons. The number of hydrogen-bond donors (Lipinski definition) is 1. The number of hydrogen-bond acceptors (Lipinski definition) is 6. The van der Waals surface area contributed by atoms with E-state index >= 15 is 0 Å². The fraction of sp³-hybridized carbons (Fsp3) is 0.182. The van der Waals surface area contributed by atoms with Crippen LogP contribution in [0, 0.1) is 6.92 Å². The average Bonchev–Trinajstić information content (AvgIpc) is 3.51. The highest BCUT2D eigenvalue weighted by Crippen LogP contribution is 2.33. The Morgan fingerprint density at radius 1 is 1.06 bits per heavy atom. The van der Waals surface area contributed by atoms with Crippen molar-refractivity contribution in [3.8, 4) is 11.4 Å². The Morgan fingerprint density at radius 2 is 1.82 bits per heavy atom. The van der Waals surface area contributed by atoms with E-state index in [1.54, 1.807) is 36.7 Å². The van der Waals surface area contributed by atoms with Gasteiger partial charge in [-0.05, 0) is 54.1 Å². The van der Waals surface area contributed by atoms with Gasteiger partial charge in [-0.3, -0.25) is 9.69 Å². The monoisotopic (exact) mass is 462 g/mol. The van der Waals surface area contributed by atoms with E-state index in [2.05, 4.69) is 25.9 Å². The second-order valence-electron chi connectivity index (χ2n) is 7.85. The number of nitrogens with zero attached hydrogens (tertiary/aromatic N) is 7. The van der Waals surface area contributed by atoms with Gasteiger partial charge in [0.2, 0.25) is 0 Å². The molecule has 33 heavy (non-hydrogen) atoms. The first-order valence-corrected chi connectivity index (χ1v) is 10.5. The molecule has 1 atom stereocenters. The lowest BCUT2D eigenvalue weighted by atomic mass is 9.91. The molecule has 0 aliphatic carbocycles. The molecule has 5 rings (SSSR count).